The van der Waals surface area contributed by atoms with E-state index in [0.717, 1.165) is 50.5 Å². The van der Waals surface area contributed by atoms with Gasteiger partial charge in [0.1, 0.15) is 6.61 Å². The van der Waals surface area contributed by atoms with Gasteiger partial charge in [-0.25, -0.2) is 4.39 Å². The standard InChI is InChI=1S/C27H33FN2O4S/c28-22-9-3-4-10-24(22)34-18-23-21-12-15-35-25(21)11-13-30(23)26(31)17-29(16-20-8-5-14-33-20)27(32)19-6-1-2-7-19/h3-4,9-10,12,15,19-20,23H,1-2,5-8,11,13-14,16-18H2/t20-,23-/m1/s1. The Balaban J connectivity index is 1.32. The lowest BCUT2D eigenvalue weighted by Crippen LogP contribution is -2.50. The summed E-state index contributed by atoms with van der Waals surface area (Å²) in [5.41, 5.74) is 1.05. The maximum Gasteiger partial charge on any atom is 0.242 e. The maximum absolute atomic E-state index is 14.2. The molecule has 1 aromatic carbocycles. The van der Waals surface area contributed by atoms with Gasteiger partial charge in [0, 0.05) is 30.5 Å². The Kier molecular flexibility index (Phi) is 7.68. The van der Waals surface area contributed by atoms with Crippen LogP contribution in [0.3, 0.4) is 0 Å². The van der Waals surface area contributed by atoms with E-state index in [4.69, 9.17) is 9.47 Å². The predicted molar refractivity (Wildman–Crippen MR) is 132 cm³/mol. The van der Waals surface area contributed by atoms with Gasteiger partial charge in [0.2, 0.25) is 11.8 Å². The minimum atomic E-state index is -0.420. The fourth-order valence-corrected chi connectivity index (χ4v) is 6.48. The van der Waals surface area contributed by atoms with Gasteiger partial charge in [0.15, 0.2) is 11.6 Å². The van der Waals surface area contributed by atoms with Crippen molar-refractivity contribution in [3.8, 4) is 5.75 Å². The van der Waals surface area contributed by atoms with Gasteiger partial charge in [-0.3, -0.25) is 9.59 Å². The van der Waals surface area contributed by atoms with Gasteiger partial charge in [-0.1, -0.05) is 25.0 Å². The summed E-state index contributed by atoms with van der Waals surface area (Å²) in [5, 5.41) is 2.03. The predicted octanol–water partition coefficient (Wildman–Crippen LogP) is 4.59. The lowest BCUT2D eigenvalue weighted by molar-refractivity contribution is -0.146. The molecule has 1 aliphatic carbocycles. The number of thiophene rings is 1. The van der Waals surface area contributed by atoms with Gasteiger partial charge >= 0.3 is 0 Å². The summed E-state index contributed by atoms with van der Waals surface area (Å²) in [6, 6.07) is 8.04. The Labute approximate surface area is 210 Å². The normalized spacial score (nSPS) is 22.3. The molecule has 5 rings (SSSR count). The largest absolute Gasteiger partial charge is 0.488 e. The highest BCUT2D eigenvalue weighted by molar-refractivity contribution is 7.10. The third kappa shape index (κ3) is 5.54. The van der Waals surface area contributed by atoms with Gasteiger partial charge in [0.25, 0.3) is 0 Å². The van der Waals surface area contributed by atoms with E-state index < -0.39 is 5.82 Å². The van der Waals surface area contributed by atoms with Crippen molar-refractivity contribution in [1.29, 1.82) is 0 Å². The number of benzene rings is 1. The number of rotatable bonds is 8. The van der Waals surface area contributed by atoms with Crippen molar-refractivity contribution in [3.63, 3.8) is 0 Å². The smallest absolute Gasteiger partial charge is 0.242 e. The number of carbonyl (C=O) groups is 2. The first-order valence-corrected chi connectivity index (χ1v) is 13.6. The van der Waals surface area contributed by atoms with Crippen LogP contribution >= 0.6 is 11.3 Å². The van der Waals surface area contributed by atoms with Crippen LogP contribution in [0.1, 0.15) is 55.0 Å². The Morgan fingerprint density at radius 3 is 2.74 bits per heavy atom. The summed E-state index contributed by atoms with van der Waals surface area (Å²) in [4.78, 5) is 31.9. The van der Waals surface area contributed by atoms with E-state index in [9.17, 15) is 14.0 Å². The minimum absolute atomic E-state index is 0.00169. The van der Waals surface area contributed by atoms with E-state index in [1.54, 1.807) is 34.4 Å². The summed E-state index contributed by atoms with van der Waals surface area (Å²) >= 11 is 1.68. The number of amides is 2. The molecule has 2 aliphatic heterocycles. The molecule has 1 saturated heterocycles. The molecule has 0 radical (unpaired) electrons. The number of para-hydroxylation sites is 1. The molecule has 35 heavy (non-hydrogen) atoms. The van der Waals surface area contributed by atoms with Crippen LogP contribution in [-0.4, -0.2) is 60.6 Å². The van der Waals surface area contributed by atoms with Gasteiger partial charge in [-0.05, 0) is 61.2 Å². The summed E-state index contributed by atoms with van der Waals surface area (Å²) in [5.74, 6) is -0.239. The molecule has 2 fully saturated rings. The van der Waals surface area contributed by atoms with Crippen molar-refractivity contribution in [2.75, 3.05) is 32.8 Å². The van der Waals surface area contributed by atoms with Crippen LogP contribution < -0.4 is 4.74 Å². The van der Waals surface area contributed by atoms with Crippen LogP contribution in [0.5, 0.6) is 5.75 Å². The average molecular weight is 501 g/mol. The molecule has 0 N–H and O–H groups in total. The molecule has 8 heteroatoms. The zero-order valence-corrected chi connectivity index (χ0v) is 20.8. The lowest BCUT2D eigenvalue weighted by Gasteiger charge is -2.37. The number of hydrogen-bond donors (Lipinski definition) is 0. The number of fused-ring (bicyclic) bond motifs is 1. The van der Waals surface area contributed by atoms with Gasteiger partial charge < -0.3 is 19.3 Å². The highest BCUT2D eigenvalue weighted by Crippen LogP contribution is 2.35. The third-order valence-corrected chi connectivity index (χ3v) is 8.44. The van der Waals surface area contributed by atoms with Crippen molar-refractivity contribution in [2.24, 2.45) is 5.92 Å². The number of hydrogen-bond acceptors (Lipinski definition) is 5. The molecule has 3 aliphatic rings. The van der Waals surface area contributed by atoms with Crippen LogP contribution in [-0.2, 0) is 20.7 Å². The fourth-order valence-electron chi connectivity index (χ4n) is 5.56. The fraction of sp³-hybridized carbons (Fsp3) is 0.556. The highest BCUT2D eigenvalue weighted by atomic mass is 32.1. The molecular formula is C27H33FN2O4S. The number of ether oxygens (including phenoxy) is 2. The molecule has 2 atom stereocenters. The molecule has 0 spiro atoms. The van der Waals surface area contributed by atoms with Crippen molar-refractivity contribution in [2.45, 2.75) is 57.1 Å². The Bertz CT molecular complexity index is 1030. The second-order valence-electron chi connectivity index (χ2n) is 9.73. The summed E-state index contributed by atoms with van der Waals surface area (Å²) in [6.45, 7) is 1.95. The monoisotopic (exact) mass is 500 g/mol. The summed E-state index contributed by atoms with van der Waals surface area (Å²) in [7, 11) is 0. The van der Waals surface area contributed by atoms with Crippen molar-refractivity contribution in [3.05, 3.63) is 52.0 Å². The van der Waals surface area contributed by atoms with Crippen LogP contribution in [0.15, 0.2) is 35.7 Å². The Hall–Kier alpha value is -2.45. The van der Waals surface area contributed by atoms with Crippen LogP contribution in [0, 0.1) is 11.7 Å². The first-order chi connectivity index (χ1) is 17.1. The molecule has 188 valence electrons. The molecule has 1 saturated carbocycles. The topological polar surface area (TPSA) is 59.1 Å². The van der Waals surface area contributed by atoms with E-state index in [0.29, 0.717) is 19.7 Å². The van der Waals surface area contributed by atoms with E-state index in [-0.39, 0.29) is 48.8 Å². The quantitative estimate of drug-likeness (QED) is 0.532. The molecule has 2 aromatic rings. The average Bonchev–Trinajstić information content (AvgIpc) is 3.65. The molecule has 6 nitrogen and oxygen atoms in total. The molecule has 0 bridgehead atoms. The lowest BCUT2D eigenvalue weighted by atomic mass is 10.00. The molecular weight excluding hydrogens is 467 g/mol. The molecule has 0 unspecified atom stereocenters. The SMILES string of the molecule is O=C(C1CCCC1)N(CC(=O)N1CCc2sccc2[C@H]1COc1ccccc1F)C[C@H]1CCCO1. The number of carbonyl (C=O) groups excluding carboxylic acids is 2. The number of nitrogens with zero attached hydrogens (tertiary/aromatic N) is 2. The zero-order valence-electron chi connectivity index (χ0n) is 20.0. The van der Waals surface area contributed by atoms with Gasteiger partial charge in [-0.15, -0.1) is 11.3 Å². The third-order valence-electron chi connectivity index (χ3n) is 7.44. The van der Waals surface area contributed by atoms with Crippen molar-refractivity contribution < 1.29 is 23.5 Å². The minimum Gasteiger partial charge on any atom is -0.488 e. The molecule has 1 aromatic heterocycles. The Morgan fingerprint density at radius 2 is 1.97 bits per heavy atom. The second kappa shape index (κ2) is 11.1. The van der Waals surface area contributed by atoms with E-state index in [1.165, 1.54) is 10.9 Å². The molecule has 3 heterocycles. The van der Waals surface area contributed by atoms with Gasteiger partial charge in [0.05, 0.1) is 18.7 Å². The summed E-state index contributed by atoms with van der Waals surface area (Å²) in [6.07, 6.45) is 6.62. The second-order valence-corrected chi connectivity index (χ2v) is 10.7. The van der Waals surface area contributed by atoms with Crippen molar-refractivity contribution >= 4 is 23.2 Å². The zero-order chi connectivity index (χ0) is 24.2. The van der Waals surface area contributed by atoms with Crippen molar-refractivity contribution in [1.82, 2.24) is 9.80 Å². The first-order valence-electron chi connectivity index (χ1n) is 12.7. The Morgan fingerprint density at radius 1 is 1.14 bits per heavy atom. The number of halogens is 1. The van der Waals surface area contributed by atoms with Gasteiger partial charge in [-0.2, -0.15) is 0 Å². The summed E-state index contributed by atoms with van der Waals surface area (Å²) < 4.78 is 25.8. The highest BCUT2D eigenvalue weighted by Gasteiger charge is 2.36. The van der Waals surface area contributed by atoms with E-state index in [1.807, 2.05) is 16.3 Å². The van der Waals surface area contributed by atoms with Crippen LogP contribution in [0.2, 0.25) is 0 Å². The van der Waals surface area contributed by atoms with E-state index >= 15 is 0 Å². The van der Waals surface area contributed by atoms with E-state index in [2.05, 4.69) is 0 Å². The maximum atomic E-state index is 14.2. The van der Waals surface area contributed by atoms with Crippen LogP contribution in [0.25, 0.3) is 0 Å². The molecule has 2 amide bonds. The van der Waals surface area contributed by atoms with Crippen LogP contribution in [0.4, 0.5) is 4.39 Å². The first kappa shape index (κ1) is 24.3.